The van der Waals surface area contributed by atoms with E-state index in [9.17, 15) is 18.0 Å². The molecule has 8 nitrogen and oxygen atoms in total. The van der Waals surface area contributed by atoms with Crippen LogP contribution in [0.3, 0.4) is 0 Å². The van der Waals surface area contributed by atoms with Crippen LogP contribution in [0.2, 0.25) is 5.02 Å². The molecule has 2 rings (SSSR count). The van der Waals surface area contributed by atoms with Crippen molar-refractivity contribution in [3.8, 4) is 5.75 Å². The van der Waals surface area contributed by atoms with Crippen LogP contribution < -0.4 is 14.4 Å². The number of nitrogens with one attached hydrogen (secondary N) is 1. The lowest BCUT2D eigenvalue weighted by molar-refractivity contribution is -0.141. The van der Waals surface area contributed by atoms with Crippen molar-refractivity contribution in [2.45, 2.75) is 65.1 Å². The monoisotopic (exact) mass is 551 g/mol. The van der Waals surface area contributed by atoms with E-state index in [-0.39, 0.29) is 43.8 Å². The molecule has 0 bridgehead atoms. The molecule has 2 amide bonds. The molecule has 2 atom stereocenters. The summed E-state index contributed by atoms with van der Waals surface area (Å²) in [5, 5.41) is 3.57. The van der Waals surface area contributed by atoms with Gasteiger partial charge in [-0.25, -0.2) is 8.42 Å². The molecule has 0 aliphatic heterocycles. The lowest BCUT2D eigenvalue weighted by Gasteiger charge is -2.32. The second-order valence-corrected chi connectivity index (χ2v) is 11.4. The van der Waals surface area contributed by atoms with Crippen molar-refractivity contribution in [1.82, 2.24) is 10.2 Å². The summed E-state index contributed by atoms with van der Waals surface area (Å²) >= 11 is 6.02. The predicted molar refractivity (Wildman–Crippen MR) is 148 cm³/mol. The average Bonchev–Trinajstić information content (AvgIpc) is 2.86. The van der Waals surface area contributed by atoms with Gasteiger partial charge in [0.25, 0.3) is 0 Å². The maximum atomic E-state index is 13.5. The summed E-state index contributed by atoms with van der Waals surface area (Å²) in [6.07, 6.45) is 2.72. The van der Waals surface area contributed by atoms with Gasteiger partial charge in [-0.05, 0) is 56.0 Å². The smallest absolute Gasteiger partial charge is 0.243 e. The van der Waals surface area contributed by atoms with Gasteiger partial charge in [0, 0.05) is 36.6 Å². The number of sulfonamides is 1. The standard InChI is InChI=1S/C27H38ClN3O5S/c1-6-20(3)29-27(33)25(7-2)30(19-21-13-15-22(28)16-14-21)26(32)12-9-17-31(37(5,34)35)23-10-8-11-24(18-23)36-4/h8,10-11,13-16,18,20,25H,6-7,9,12,17,19H2,1-5H3,(H,29,33)/t20-,25+/m1/s1. The van der Waals surface area contributed by atoms with E-state index in [1.54, 1.807) is 41.3 Å². The molecule has 0 fully saturated rings. The fraction of sp³-hybridized carbons (Fsp3) is 0.481. The number of anilines is 1. The van der Waals surface area contributed by atoms with E-state index in [1.807, 2.05) is 32.9 Å². The first-order valence-corrected chi connectivity index (χ1v) is 14.7. The summed E-state index contributed by atoms with van der Waals surface area (Å²) in [5.41, 5.74) is 1.31. The Kier molecular flexibility index (Phi) is 11.7. The van der Waals surface area contributed by atoms with Gasteiger partial charge in [-0.2, -0.15) is 0 Å². The zero-order valence-corrected chi connectivity index (χ0v) is 23.8. The number of ether oxygens (including phenoxy) is 1. The molecule has 1 N–H and O–H groups in total. The van der Waals surface area contributed by atoms with Crippen LogP contribution in [0.15, 0.2) is 48.5 Å². The second-order valence-electron chi connectivity index (χ2n) is 9.03. The molecule has 204 valence electrons. The highest BCUT2D eigenvalue weighted by atomic mass is 35.5. The molecule has 0 spiro atoms. The molecule has 2 aromatic rings. The number of benzene rings is 2. The lowest BCUT2D eigenvalue weighted by atomic mass is 10.1. The molecule has 37 heavy (non-hydrogen) atoms. The molecular weight excluding hydrogens is 514 g/mol. The Bertz CT molecular complexity index is 1140. The van der Waals surface area contributed by atoms with Crippen molar-refractivity contribution in [1.29, 1.82) is 0 Å². The number of rotatable bonds is 14. The number of methoxy groups -OCH3 is 1. The number of hydrogen-bond donors (Lipinski definition) is 1. The normalized spacial score (nSPS) is 12.9. The van der Waals surface area contributed by atoms with Gasteiger partial charge in [-0.1, -0.05) is 43.6 Å². The van der Waals surface area contributed by atoms with E-state index >= 15 is 0 Å². The van der Waals surface area contributed by atoms with Gasteiger partial charge >= 0.3 is 0 Å². The molecule has 0 radical (unpaired) electrons. The molecule has 0 saturated heterocycles. The van der Waals surface area contributed by atoms with Crippen LogP contribution in [0.25, 0.3) is 0 Å². The van der Waals surface area contributed by atoms with E-state index in [0.29, 0.717) is 22.9 Å². The molecule has 0 aliphatic carbocycles. The molecule has 10 heteroatoms. The zero-order chi connectivity index (χ0) is 27.6. The van der Waals surface area contributed by atoms with Gasteiger partial charge in [0.1, 0.15) is 11.8 Å². The SMILES string of the molecule is CC[C@@H](C)NC(=O)[C@H](CC)N(Cc1ccc(Cl)cc1)C(=O)CCCN(c1cccc(OC)c1)S(C)(=O)=O. The number of nitrogens with zero attached hydrogens (tertiary/aromatic N) is 2. The molecule has 0 aliphatic rings. The lowest BCUT2D eigenvalue weighted by Crippen LogP contribution is -2.50. The maximum Gasteiger partial charge on any atom is 0.243 e. The fourth-order valence-corrected chi connectivity index (χ4v) is 5.00. The van der Waals surface area contributed by atoms with Crippen molar-refractivity contribution in [3.05, 3.63) is 59.1 Å². The predicted octanol–water partition coefficient (Wildman–Crippen LogP) is 4.62. The Morgan fingerprint density at radius 2 is 1.76 bits per heavy atom. The van der Waals surface area contributed by atoms with E-state index in [2.05, 4.69) is 5.32 Å². The molecule has 0 aromatic heterocycles. The third kappa shape index (κ3) is 9.23. The topological polar surface area (TPSA) is 96.0 Å². The molecule has 0 unspecified atom stereocenters. The summed E-state index contributed by atoms with van der Waals surface area (Å²) in [6, 6.07) is 13.3. The minimum atomic E-state index is -3.59. The molecule has 0 heterocycles. The first kappa shape index (κ1) is 30.4. The summed E-state index contributed by atoms with van der Waals surface area (Å²) in [5.74, 6) is 0.114. The molecule has 2 aromatic carbocycles. The van der Waals surface area contributed by atoms with E-state index in [0.717, 1.165) is 18.2 Å². The summed E-state index contributed by atoms with van der Waals surface area (Å²) in [7, 11) is -2.08. The third-order valence-electron chi connectivity index (χ3n) is 6.15. The quantitative estimate of drug-likeness (QED) is 0.370. The number of halogens is 1. The maximum absolute atomic E-state index is 13.5. The van der Waals surface area contributed by atoms with Crippen LogP contribution in [-0.4, -0.2) is 57.1 Å². The van der Waals surface area contributed by atoms with Crippen LogP contribution in [0, 0.1) is 0 Å². The third-order valence-corrected chi connectivity index (χ3v) is 7.59. The summed E-state index contributed by atoms with van der Waals surface area (Å²) in [4.78, 5) is 28.1. The minimum absolute atomic E-state index is 0.0137. The Morgan fingerprint density at radius 3 is 2.32 bits per heavy atom. The average molecular weight is 552 g/mol. The van der Waals surface area contributed by atoms with Gasteiger partial charge < -0.3 is 15.0 Å². The fourth-order valence-electron chi connectivity index (χ4n) is 3.92. The van der Waals surface area contributed by atoms with Crippen LogP contribution in [0.5, 0.6) is 5.75 Å². The van der Waals surface area contributed by atoms with Crippen molar-refractivity contribution >= 4 is 39.1 Å². The van der Waals surface area contributed by atoms with Gasteiger partial charge in [-0.3, -0.25) is 13.9 Å². The Morgan fingerprint density at radius 1 is 1.08 bits per heavy atom. The van der Waals surface area contributed by atoms with Crippen LogP contribution in [0.1, 0.15) is 52.0 Å². The highest BCUT2D eigenvalue weighted by Crippen LogP contribution is 2.24. The first-order chi connectivity index (χ1) is 17.5. The van der Waals surface area contributed by atoms with Crippen LogP contribution >= 0.6 is 11.6 Å². The summed E-state index contributed by atoms with van der Waals surface area (Å²) < 4.78 is 31.5. The summed E-state index contributed by atoms with van der Waals surface area (Å²) in [6.45, 7) is 6.14. The van der Waals surface area contributed by atoms with E-state index in [1.165, 1.54) is 11.4 Å². The van der Waals surface area contributed by atoms with Crippen LogP contribution in [-0.2, 0) is 26.2 Å². The van der Waals surface area contributed by atoms with Gasteiger partial charge in [-0.15, -0.1) is 0 Å². The highest BCUT2D eigenvalue weighted by molar-refractivity contribution is 7.92. The minimum Gasteiger partial charge on any atom is -0.497 e. The largest absolute Gasteiger partial charge is 0.497 e. The highest BCUT2D eigenvalue weighted by Gasteiger charge is 2.29. The zero-order valence-electron chi connectivity index (χ0n) is 22.2. The van der Waals surface area contributed by atoms with Crippen LogP contribution in [0.4, 0.5) is 5.69 Å². The van der Waals surface area contributed by atoms with Crippen molar-refractivity contribution < 1.29 is 22.7 Å². The number of carbonyl (C=O) groups is 2. The first-order valence-electron chi connectivity index (χ1n) is 12.5. The Labute approximate surface area is 226 Å². The second kappa shape index (κ2) is 14.2. The Hall–Kier alpha value is -2.78. The van der Waals surface area contributed by atoms with Gasteiger partial charge in [0.2, 0.25) is 21.8 Å². The molecule has 0 saturated carbocycles. The van der Waals surface area contributed by atoms with Gasteiger partial charge in [0.05, 0.1) is 19.1 Å². The number of amides is 2. The Balaban J connectivity index is 2.22. The van der Waals surface area contributed by atoms with E-state index in [4.69, 9.17) is 16.3 Å². The number of hydrogen-bond acceptors (Lipinski definition) is 5. The van der Waals surface area contributed by atoms with Crippen molar-refractivity contribution in [3.63, 3.8) is 0 Å². The van der Waals surface area contributed by atoms with Gasteiger partial charge in [0.15, 0.2) is 0 Å². The number of carbonyl (C=O) groups excluding carboxylic acids is 2. The van der Waals surface area contributed by atoms with E-state index < -0.39 is 16.1 Å². The van der Waals surface area contributed by atoms with Crippen molar-refractivity contribution in [2.75, 3.05) is 24.2 Å². The van der Waals surface area contributed by atoms with Crippen molar-refractivity contribution in [2.24, 2.45) is 0 Å². The molecular formula is C27H38ClN3O5S.